The Morgan fingerprint density at radius 3 is 2.23 bits per heavy atom. The predicted octanol–water partition coefficient (Wildman–Crippen LogP) is 0.707. The molecule has 0 amide bonds. The summed E-state index contributed by atoms with van der Waals surface area (Å²) < 4.78 is 16.1. The van der Waals surface area contributed by atoms with Gasteiger partial charge in [0, 0.05) is 45.8 Å². The number of nitrogens with one attached hydrogen (secondary N) is 2. The highest BCUT2D eigenvalue weighted by molar-refractivity contribution is 5.53. The number of piperazine rings is 1. The number of benzene rings is 1. The van der Waals surface area contributed by atoms with Gasteiger partial charge >= 0.3 is 0 Å². The van der Waals surface area contributed by atoms with Gasteiger partial charge in [0.15, 0.2) is 11.5 Å². The molecule has 0 bridgehead atoms. The van der Waals surface area contributed by atoms with Gasteiger partial charge in [-0.15, -0.1) is 0 Å². The highest BCUT2D eigenvalue weighted by Crippen LogP contribution is 2.38. The molecule has 2 N–H and O–H groups in total. The summed E-state index contributed by atoms with van der Waals surface area (Å²) in [6.45, 7) is 7.27. The predicted molar refractivity (Wildman–Crippen MR) is 87.1 cm³/mol. The van der Waals surface area contributed by atoms with Crippen molar-refractivity contribution in [3.63, 3.8) is 0 Å². The van der Waals surface area contributed by atoms with E-state index in [1.54, 1.807) is 21.3 Å². The molecular weight excluding hydrogens is 282 g/mol. The Hall–Kier alpha value is -1.50. The topological polar surface area (TPSA) is 55.0 Å². The highest BCUT2D eigenvalue weighted by atomic mass is 16.5. The van der Waals surface area contributed by atoms with Crippen molar-refractivity contribution < 1.29 is 14.2 Å². The van der Waals surface area contributed by atoms with Crippen molar-refractivity contribution in [2.75, 3.05) is 60.6 Å². The first kappa shape index (κ1) is 16.9. The Morgan fingerprint density at radius 1 is 1.05 bits per heavy atom. The molecule has 1 aromatic carbocycles. The fraction of sp³-hybridized carbons (Fsp3) is 0.625. The molecule has 22 heavy (non-hydrogen) atoms. The third-order valence-electron chi connectivity index (χ3n) is 3.87. The lowest BCUT2D eigenvalue weighted by molar-refractivity contribution is 0.241. The van der Waals surface area contributed by atoms with Crippen LogP contribution in [0.1, 0.15) is 5.56 Å². The van der Waals surface area contributed by atoms with Crippen molar-refractivity contribution in [2.45, 2.75) is 6.54 Å². The van der Waals surface area contributed by atoms with Crippen molar-refractivity contribution in [3.05, 3.63) is 17.7 Å². The molecule has 0 saturated carbocycles. The van der Waals surface area contributed by atoms with E-state index in [1.807, 2.05) is 12.1 Å². The van der Waals surface area contributed by atoms with Gasteiger partial charge in [0.25, 0.3) is 0 Å². The second kappa shape index (κ2) is 8.82. The molecule has 124 valence electrons. The van der Waals surface area contributed by atoms with Gasteiger partial charge in [0.05, 0.1) is 21.3 Å². The number of hydrogen-bond donors (Lipinski definition) is 2. The van der Waals surface area contributed by atoms with Gasteiger partial charge in [-0.25, -0.2) is 0 Å². The quantitative estimate of drug-likeness (QED) is 0.690. The van der Waals surface area contributed by atoms with Crippen LogP contribution in [0.2, 0.25) is 0 Å². The summed E-state index contributed by atoms with van der Waals surface area (Å²) >= 11 is 0. The molecule has 0 atom stereocenters. The molecule has 1 aliphatic heterocycles. The molecule has 1 aliphatic rings. The molecule has 1 aromatic rings. The molecular formula is C16H27N3O3. The van der Waals surface area contributed by atoms with Crippen LogP contribution >= 0.6 is 0 Å². The van der Waals surface area contributed by atoms with Gasteiger partial charge in [-0.05, 0) is 17.7 Å². The highest BCUT2D eigenvalue weighted by Gasteiger charge is 2.13. The molecule has 1 heterocycles. The fourth-order valence-corrected chi connectivity index (χ4v) is 2.64. The fourth-order valence-electron chi connectivity index (χ4n) is 2.64. The smallest absolute Gasteiger partial charge is 0.203 e. The van der Waals surface area contributed by atoms with Gasteiger partial charge in [-0.2, -0.15) is 0 Å². The minimum atomic E-state index is 0.634. The molecule has 0 spiro atoms. The van der Waals surface area contributed by atoms with Gasteiger partial charge in [-0.3, -0.25) is 4.90 Å². The van der Waals surface area contributed by atoms with Crippen molar-refractivity contribution >= 4 is 0 Å². The number of hydrogen-bond acceptors (Lipinski definition) is 6. The Labute approximate surface area is 132 Å². The van der Waals surface area contributed by atoms with Crippen LogP contribution < -0.4 is 24.8 Å². The largest absolute Gasteiger partial charge is 0.493 e. The lowest BCUT2D eigenvalue weighted by Gasteiger charge is -2.27. The van der Waals surface area contributed by atoms with Crippen molar-refractivity contribution in [1.82, 2.24) is 15.5 Å². The Balaban J connectivity index is 1.86. The summed E-state index contributed by atoms with van der Waals surface area (Å²) in [4.78, 5) is 2.47. The minimum absolute atomic E-state index is 0.634. The zero-order valence-electron chi connectivity index (χ0n) is 13.8. The third-order valence-corrected chi connectivity index (χ3v) is 3.87. The van der Waals surface area contributed by atoms with Crippen LogP contribution in [0.5, 0.6) is 17.2 Å². The maximum absolute atomic E-state index is 5.37. The van der Waals surface area contributed by atoms with Crippen LogP contribution in [0, 0.1) is 0 Å². The van der Waals surface area contributed by atoms with Crippen LogP contribution in [-0.4, -0.2) is 65.5 Å². The van der Waals surface area contributed by atoms with E-state index >= 15 is 0 Å². The summed E-state index contributed by atoms with van der Waals surface area (Å²) in [5.74, 6) is 2.02. The summed E-state index contributed by atoms with van der Waals surface area (Å²) in [7, 11) is 4.89. The van der Waals surface area contributed by atoms with Gasteiger partial charge in [0.2, 0.25) is 5.75 Å². The number of ether oxygens (including phenoxy) is 3. The monoisotopic (exact) mass is 309 g/mol. The summed E-state index contributed by atoms with van der Waals surface area (Å²) in [5, 5.41) is 6.84. The van der Waals surface area contributed by atoms with Gasteiger partial charge < -0.3 is 24.8 Å². The molecule has 6 nitrogen and oxygen atoms in total. The SMILES string of the molecule is COc1cc(CNCCN2CCNCC2)cc(OC)c1OC. The van der Waals surface area contributed by atoms with E-state index in [0.29, 0.717) is 17.2 Å². The molecule has 0 unspecified atom stereocenters. The number of methoxy groups -OCH3 is 3. The van der Waals surface area contributed by atoms with E-state index < -0.39 is 0 Å². The maximum atomic E-state index is 5.37. The average molecular weight is 309 g/mol. The van der Waals surface area contributed by atoms with Crippen LogP contribution in [0.4, 0.5) is 0 Å². The first-order valence-corrected chi connectivity index (χ1v) is 7.71. The second-order valence-corrected chi connectivity index (χ2v) is 5.30. The zero-order valence-corrected chi connectivity index (χ0v) is 13.8. The average Bonchev–Trinajstić information content (AvgIpc) is 2.58. The first-order valence-electron chi connectivity index (χ1n) is 7.71. The molecule has 0 aliphatic carbocycles. The molecule has 1 saturated heterocycles. The third kappa shape index (κ3) is 4.50. The van der Waals surface area contributed by atoms with Gasteiger partial charge in [0.1, 0.15) is 0 Å². The van der Waals surface area contributed by atoms with Crippen LogP contribution in [0.25, 0.3) is 0 Å². The van der Waals surface area contributed by atoms with Crippen LogP contribution in [-0.2, 0) is 6.54 Å². The van der Waals surface area contributed by atoms with Crippen LogP contribution in [0.15, 0.2) is 12.1 Å². The van der Waals surface area contributed by atoms with E-state index in [2.05, 4.69) is 15.5 Å². The summed E-state index contributed by atoms with van der Waals surface area (Å²) in [5.41, 5.74) is 1.12. The Kier molecular flexibility index (Phi) is 6.76. The molecule has 2 rings (SSSR count). The van der Waals surface area contributed by atoms with E-state index in [1.165, 1.54) is 0 Å². The van der Waals surface area contributed by atoms with Crippen molar-refractivity contribution in [3.8, 4) is 17.2 Å². The number of rotatable bonds is 8. The van der Waals surface area contributed by atoms with Gasteiger partial charge in [-0.1, -0.05) is 0 Å². The van der Waals surface area contributed by atoms with E-state index in [9.17, 15) is 0 Å². The normalized spacial score (nSPS) is 15.6. The lowest BCUT2D eigenvalue weighted by atomic mass is 10.1. The molecule has 6 heteroatoms. The molecule has 0 radical (unpaired) electrons. The Morgan fingerprint density at radius 2 is 1.68 bits per heavy atom. The first-order chi connectivity index (χ1) is 10.8. The molecule has 1 fully saturated rings. The zero-order chi connectivity index (χ0) is 15.8. The summed E-state index contributed by atoms with van der Waals surface area (Å²) in [6, 6.07) is 3.97. The van der Waals surface area contributed by atoms with E-state index in [-0.39, 0.29) is 0 Å². The number of nitrogens with zero attached hydrogens (tertiary/aromatic N) is 1. The second-order valence-electron chi connectivity index (χ2n) is 5.30. The van der Waals surface area contributed by atoms with Crippen molar-refractivity contribution in [1.29, 1.82) is 0 Å². The summed E-state index contributed by atoms with van der Waals surface area (Å²) in [6.07, 6.45) is 0. The van der Waals surface area contributed by atoms with E-state index in [4.69, 9.17) is 14.2 Å². The van der Waals surface area contributed by atoms with E-state index in [0.717, 1.165) is 51.4 Å². The van der Waals surface area contributed by atoms with Crippen molar-refractivity contribution in [2.24, 2.45) is 0 Å². The standard InChI is InChI=1S/C16H27N3O3/c1-20-14-10-13(11-15(21-2)16(14)22-3)12-18-6-9-19-7-4-17-5-8-19/h10-11,17-18H,4-9,12H2,1-3H3. The Bertz CT molecular complexity index is 437. The minimum Gasteiger partial charge on any atom is -0.493 e. The maximum Gasteiger partial charge on any atom is 0.203 e. The molecule has 0 aromatic heterocycles. The van der Waals surface area contributed by atoms with Crippen LogP contribution in [0.3, 0.4) is 0 Å². The lowest BCUT2D eigenvalue weighted by Crippen LogP contribution is -2.45.